The van der Waals surface area contributed by atoms with Gasteiger partial charge >= 0.3 is 0 Å². The lowest BCUT2D eigenvalue weighted by Gasteiger charge is -2.02. The molecule has 0 saturated heterocycles. The van der Waals surface area contributed by atoms with Crippen LogP contribution in [0.25, 0.3) is 5.65 Å². The summed E-state index contributed by atoms with van der Waals surface area (Å²) < 4.78 is 1.97. The molecule has 0 aliphatic rings. The van der Waals surface area contributed by atoms with Gasteiger partial charge in [-0.1, -0.05) is 17.8 Å². The smallest absolute Gasteiger partial charge is 0.195 e. The Labute approximate surface area is 86.5 Å². The van der Waals surface area contributed by atoms with E-state index in [1.54, 1.807) is 11.8 Å². The molecule has 2 aromatic rings. The molecule has 0 aliphatic heterocycles. The van der Waals surface area contributed by atoms with Gasteiger partial charge in [0, 0.05) is 18.0 Å². The molecule has 0 amide bonds. The molecular formula is C9H12N4S. The Hall–Kier alpha value is -1.07. The first-order chi connectivity index (χ1) is 6.77. The molecule has 14 heavy (non-hydrogen) atoms. The average Bonchev–Trinajstić information content (AvgIpc) is 2.58. The van der Waals surface area contributed by atoms with Crippen molar-refractivity contribution in [2.45, 2.75) is 18.1 Å². The van der Waals surface area contributed by atoms with Crippen LogP contribution < -0.4 is 5.73 Å². The number of hydrogen-bond acceptors (Lipinski definition) is 4. The van der Waals surface area contributed by atoms with Gasteiger partial charge in [0.15, 0.2) is 10.8 Å². The third kappa shape index (κ3) is 1.88. The van der Waals surface area contributed by atoms with Gasteiger partial charge in [0.05, 0.1) is 0 Å². The predicted octanol–water partition coefficient (Wildman–Crippen LogP) is 1.17. The Balaban J connectivity index is 2.25. The number of rotatable bonds is 3. The molecule has 2 N–H and O–H groups in total. The van der Waals surface area contributed by atoms with Crippen LogP contribution in [0, 0.1) is 0 Å². The van der Waals surface area contributed by atoms with Crippen molar-refractivity contribution in [2.24, 2.45) is 5.73 Å². The Morgan fingerprint density at radius 2 is 2.36 bits per heavy atom. The quantitative estimate of drug-likeness (QED) is 0.769. The first kappa shape index (κ1) is 9.48. The van der Waals surface area contributed by atoms with E-state index in [1.807, 2.05) is 35.7 Å². The van der Waals surface area contributed by atoms with Crippen LogP contribution in [0.1, 0.15) is 6.92 Å². The standard InChI is InChI=1S/C9H12N4S/c1-7(10)6-14-9-12-11-8-4-2-3-5-13(8)9/h2-5,7H,6,10H2,1H3. The topological polar surface area (TPSA) is 56.2 Å². The molecule has 1 unspecified atom stereocenters. The second-order valence-corrected chi connectivity index (χ2v) is 4.19. The fourth-order valence-electron chi connectivity index (χ4n) is 1.12. The van der Waals surface area contributed by atoms with Crippen molar-refractivity contribution in [1.29, 1.82) is 0 Å². The first-order valence-corrected chi connectivity index (χ1v) is 5.44. The highest BCUT2D eigenvalue weighted by molar-refractivity contribution is 7.99. The van der Waals surface area contributed by atoms with Crippen molar-refractivity contribution in [1.82, 2.24) is 14.6 Å². The summed E-state index contributed by atoms with van der Waals surface area (Å²) in [6.07, 6.45) is 1.96. The summed E-state index contributed by atoms with van der Waals surface area (Å²) in [4.78, 5) is 0. The predicted molar refractivity (Wildman–Crippen MR) is 57.4 cm³/mol. The SMILES string of the molecule is CC(N)CSc1nnc2ccccn12. The van der Waals surface area contributed by atoms with Crippen LogP contribution in [0.4, 0.5) is 0 Å². The monoisotopic (exact) mass is 208 g/mol. The lowest BCUT2D eigenvalue weighted by Crippen LogP contribution is -2.17. The summed E-state index contributed by atoms with van der Waals surface area (Å²) in [6, 6.07) is 6.02. The van der Waals surface area contributed by atoms with Crippen LogP contribution >= 0.6 is 11.8 Å². The molecular weight excluding hydrogens is 196 g/mol. The third-order valence-electron chi connectivity index (χ3n) is 1.76. The van der Waals surface area contributed by atoms with E-state index in [2.05, 4.69) is 10.2 Å². The summed E-state index contributed by atoms with van der Waals surface area (Å²) in [5, 5.41) is 9.04. The second-order valence-electron chi connectivity index (χ2n) is 3.20. The van der Waals surface area contributed by atoms with Crippen molar-refractivity contribution in [3.05, 3.63) is 24.4 Å². The summed E-state index contributed by atoms with van der Waals surface area (Å²) in [5.41, 5.74) is 6.55. The van der Waals surface area contributed by atoms with Crippen LogP contribution in [0.15, 0.2) is 29.6 Å². The van der Waals surface area contributed by atoms with Gasteiger partial charge in [0.2, 0.25) is 0 Å². The van der Waals surface area contributed by atoms with Crippen molar-refractivity contribution >= 4 is 17.4 Å². The fourth-order valence-corrected chi connectivity index (χ4v) is 1.93. The van der Waals surface area contributed by atoms with Gasteiger partial charge in [-0.05, 0) is 19.1 Å². The van der Waals surface area contributed by atoms with Crippen molar-refractivity contribution in [3.63, 3.8) is 0 Å². The van der Waals surface area contributed by atoms with Crippen LogP contribution in [-0.4, -0.2) is 26.4 Å². The molecule has 0 saturated carbocycles. The van der Waals surface area contributed by atoms with E-state index in [9.17, 15) is 0 Å². The number of pyridine rings is 1. The van der Waals surface area contributed by atoms with Crippen molar-refractivity contribution in [3.8, 4) is 0 Å². The van der Waals surface area contributed by atoms with Gasteiger partial charge in [-0.3, -0.25) is 4.40 Å². The van der Waals surface area contributed by atoms with Gasteiger partial charge < -0.3 is 5.73 Å². The molecule has 0 spiro atoms. The second kappa shape index (κ2) is 3.98. The third-order valence-corrected chi connectivity index (χ3v) is 2.99. The van der Waals surface area contributed by atoms with Crippen molar-refractivity contribution < 1.29 is 0 Å². The van der Waals surface area contributed by atoms with E-state index in [-0.39, 0.29) is 6.04 Å². The van der Waals surface area contributed by atoms with Crippen LogP contribution in [-0.2, 0) is 0 Å². The Morgan fingerprint density at radius 3 is 3.14 bits per heavy atom. The van der Waals surface area contributed by atoms with E-state index in [4.69, 9.17) is 5.73 Å². The fraction of sp³-hybridized carbons (Fsp3) is 0.333. The largest absolute Gasteiger partial charge is 0.327 e. The van der Waals surface area contributed by atoms with E-state index in [1.165, 1.54) is 0 Å². The molecule has 0 fully saturated rings. The highest BCUT2D eigenvalue weighted by Crippen LogP contribution is 2.16. The van der Waals surface area contributed by atoms with Crippen molar-refractivity contribution in [2.75, 3.05) is 5.75 Å². The lowest BCUT2D eigenvalue weighted by atomic mass is 10.4. The Morgan fingerprint density at radius 1 is 1.50 bits per heavy atom. The summed E-state index contributed by atoms with van der Waals surface area (Å²) >= 11 is 1.63. The van der Waals surface area contributed by atoms with Crippen LogP contribution in [0.2, 0.25) is 0 Å². The highest BCUT2D eigenvalue weighted by atomic mass is 32.2. The first-order valence-electron chi connectivity index (χ1n) is 4.45. The number of fused-ring (bicyclic) bond motifs is 1. The maximum Gasteiger partial charge on any atom is 0.195 e. The van der Waals surface area contributed by atoms with Gasteiger partial charge in [0.25, 0.3) is 0 Å². The van der Waals surface area contributed by atoms with E-state index < -0.39 is 0 Å². The number of aromatic nitrogens is 3. The normalized spacial score (nSPS) is 13.3. The summed E-state index contributed by atoms with van der Waals surface area (Å²) in [5.74, 6) is 0.857. The minimum atomic E-state index is 0.177. The molecule has 1 atom stereocenters. The number of hydrogen-bond donors (Lipinski definition) is 1. The van der Waals surface area contributed by atoms with E-state index in [0.717, 1.165) is 16.6 Å². The zero-order valence-corrected chi connectivity index (χ0v) is 8.74. The van der Waals surface area contributed by atoms with Crippen LogP contribution in [0.3, 0.4) is 0 Å². The average molecular weight is 208 g/mol. The number of nitrogens with two attached hydrogens (primary N) is 1. The maximum atomic E-state index is 5.67. The summed E-state index contributed by atoms with van der Waals surface area (Å²) in [6.45, 7) is 1.98. The van der Waals surface area contributed by atoms with Gasteiger partial charge in [-0.15, -0.1) is 10.2 Å². The minimum absolute atomic E-state index is 0.177. The molecule has 4 nitrogen and oxygen atoms in total. The molecule has 0 aromatic carbocycles. The Kier molecular flexibility index (Phi) is 2.69. The van der Waals surface area contributed by atoms with Gasteiger partial charge in [0.1, 0.15) is 0 Å². The van der Waals surface area contributed by atoms with E-state index in [0.29, 0.717) is 0 Å². The lowest BCUT2D eigenvalue weighted by molar-refractivity contribution is 0.838. The number of nitrogens with zero attached hydrogens (tertiary/aromatic N) is 3. The minimum Gasteiger partial charge on any atom is -0.327 e. The highest BCUT2D eigenvalue weighted by Gasteiger charge is 2.05. The molecule has 0 radical (unpaired) electrons. The molecule has 2 rings (SSSR count). The molecule has 5 heteroatoms. The Bertz CT molecular complexity index is 423. The number of thioether (sulfide) groups is 1. The molecule has 74 valence electrons. The molecule has 2 aromatic heterocycles. The van der Waals surface area contributed by atoms with Gasteiger partial charge in [-0.25, -0.2) is 0 Å². The molecule has 0 bridgehead atoms. The van der Waals surface area contributed by atoms with Gasteiger partial charge in [-0.2, -0.15) is 0 Å². The van der Waals surface area contributed by atoms with E-state index >= 15 is 0 Å². The molecule has 2 heterocycles. The van der Waals surface area contributed by atoms with Crippen LogP contribution in [0.5, 0.6) is 0 Å². The maximum absolute atomic E-state index is 5.67. The zero-order chi connectivity index (χ0) is 9.97. The summed E-state index contributed by atoms with van der Waals surface area (Å²) in [7, 11) is 0. The molecule has 0 aliphatic carbocycles. The zero-order valence-electron chi connectivity index (χ0n) is 7.92.